The lowest BCUT2D eigenvalue weighted by atomic mass is 10.1. The van der Waals surface area contributed by atoms with Gasteiger partial charge < -0.3 is 4.98 Å². The first-order valence-corrected chi connectivity index (χ1v) is 6.86. The highest BCUT2D eigenvalue weighted by Gasteiger charge is 2.12. The summed E-state index contributed by atoms with van der Waals surface area (Å²) in [7, 11) is 0. The van der Waals surface area contributed by atoms with Crippen LogP contribution in [-0.2, 0) is 6.42 Å². The number of aromatic nitrogens is 2. The molecule has 4 heteroatoms. The van der Waals surface area contributed by atoms with Crippen LogP contribution in [0.2, 0.25) is 5.02 Å². The van der Waals surface area contributed by atoms with Crippen LogP contribution in [0.15, 0.2) is 29.1 Å². The van der Waals surface area contributed by atoms with E-state index in [1.165, 1.54) is 0 Å². The van der Waals surface area contributed by atoms with Gasteiger partial charge in [-0.15, -0.1) is 0 Å². The molecule has 0 fully saturated rings. The Labute approximate surface area is 117 Å². The van der Waals surface area contributed by atoms with Gasteiger partial charge in [-0.3, -0.25) is 4.79 Å². The van der Waals surface area contributed by atoms with Crippen molar-refractivity contribution in [3.05, 3.63) is 51.2 Å². The van der Waals surface area contributed by atoms with Gasteiger partial charge in [0.05, 0.1) is 11.3 Å². The van der Waals surface area contributed by atoms with E-state index in [0.717, 1.165) is 36.3 Å². The molecular weight excluding hydrogens is 260 g/mol. The number of hydrogen-bond acceptors (Lipinski definition) is 2. The third-order valence-corrected chi connectivity index (χ3v) is 3.39. The normalized spacial score (nSPS) is 10.7. The van der Waals surface area contributed by atoms with Crippen molar-refractivity contribution in [2.75, 3.05) is 0 Å². The van der Waals surface area contributed by atoms with Gasteiger partial charge in [0, 0.05) is 17.0 Å². The first-order valence-electron chi connectivity index (χ1n) is 6.48. The van der Waals surface area contributed by atoms with E-state index >= 15 is 0 Å². The van der Waals surface area contributed by atoms with Gasteiger partial charge in [-0.25, -0.2) is 4.98 Å². The minimum Gasteiger partial charge on any atom is -0.310 e. The smallest absolute Gasteiger partial charge is 0.259 e. The van der Waals surface area contributed by atoms with Gasteiger partial charge in [0.25, 0.3) is 5.56 Å². The molecule has 19 heavy (non-hydrogen) atoms. The number of aryl methyl sites for hydroxylation is 2. The molecule has 0 saturated carbocycles. The minimum atomic E-state index is -0.119. The Morgan fingerprint density at radius 1 is 1.32 bits per heavy atom. The molecule has 0 radical (unpaired) electrons. The van der Waals surface area contributed by atoms with Crippen LogP contribution in [0.3, 0.4) is 0 Å². The monoisotopic (exact) mass is 276 g/mol. The molecule has 0 bridgehead atoms. The van der Waals surface area contributed by atoms with E-state index in [-0.39, 0.29) is 5.56 Å². The van der Waals surface area contributed by atoms with Gasteiger partial charge in [0.15, 0.2) is 0 Å². The fourth-order valence-corrected chi connectivity index (χ4v) is 2.32. The maximum Gasteiger partial charge on any atom is 0.259 e. The Bertz CT molecular complexity index is 634. The Hall–Kier alpha value is -1.61. The van der Waals surface area contributed by atoms with Crippen LogP contribution >= 0.6 is 11.6 Å². The Morgan fingerprint density at radius 2 is 2.05 bits per heavy atom. The zero-order chi connectivity index (χ0) is 13.8. The van der Waals surface area contributed by atoms with Crippen LogP contribution in [0.25, 0.3) is 11.1 Å². The van der Waals surface area contributed by atoms with Crippen molar-refractivity contribution in [1.29, 1.82) is 0 Å². The van der Waals surface area contributed by atoms with Crippen molar-refractivity contribution >= 4 is 11.6 Å². The molecule has 0 aliphatic rings. The lowest BCUT2D eigenvalue weighted by Gasteiger charge is -2.08. The minimum absolute atomic E-state index is 0.119. The van der Waals surface area contributed by atoms with E-state index in [1.54, 1.807) is 6.07 Å². The summed E-state index contributed by atoms with van der Waals surface area (Å²) in [5, 5.41) is 0.569. The molecule has 0 atom stereocenters. The molecule has 2 aromatic rings. The summed E-state index contributed by atoms with van der Waals surface area (Å²) in [6.45, 7) is 3.96. The molecule has 0 aliphatic carbocycles. The lowest BCUT2D eigenvalue weighted by molar-refractivity contribution is 0.744. The van der Waals surface area contributed by atoms with Crippen LogP contribution in [0.4, 0.5) is 0 Å². The topological polar surface area (TPSA) is 45.8 Å². The first kappa shape index (κ1) is 13.8. The molecule has 0 aliphatic heterocycles. The Balaban J connectivity index is 2.49. The second-order valence-electron chi connectivity index (χ2n) is 4.56. The van der Waals surface area contributed by atoms with Crippen molar-refractivity contribution in [2.24, 2.45) is 0 Å². The van der Waals surface area contributed by atoms with E-state index in [2.05, 4.69) is 16.9 Å². The highest BCUT2D eigenvalue weighted by Crippen LogP contribution is 2.26. The largest absolute Gasteiger partial charge is 0.310 e. The van der Waals surface area contributed by atoms with Gasteiger partial charge >= 0.3 is 0 Å². The fourth-order valence-electron chi connectivity index (χ4n) is 2.09. The highest BCUT2D eigenvalue weighted by molar-refractivity contribution is 6.33. The quantitative estimate of drug-likeness (QED) is 0.924. The molecule has 1 N–H and O–H groups in total. The molecule has 2 rings (SSSR count). The van der Waals surface area contributed by atoms with Crippen LogP contribution in [-0.4, -0.2) is 9.97 Å². The number of unbranched alkanes of at least 4 members (excludes halogenated alkanes) is 1. The van der Waals surface area contributed by atoms with Crippen LogP contribution < -0.4 is 5.56 Å². The van der Waals surface area contributed by atoms with E-state index in [1.807, 2.05) is 25.1 Å². The summed E-state index contributed by atoms with van der Waals surface area (Å²) in [5.74, 6) is 0.750. The number of nitrogens with zero attached hydrogens (tertiary/aromatic N) is 1. The van der Waals surface area contributed by atoms with E-state index in [0.29, 0.717) is 10.6 Å². The second-order valence-corrected chi connectivity index (χ2v) is 4.96. The molecule has 0 spiro atoms. The van der Waals surface area contributed by atoms with Gasteiger partial charge in [-0.2, -0.15) is 0 Å². The van der Waals surface area contributed by atoms with Crippen molar-refractivity contribution < 1.29 is 0 Å². The maximum atomic E-state index is 12.2. The Morgan fingerprint density at radius 3 is 2.68 bits per heavy atom. The van der Waals surface area contributed by atoms with Crippen molar-refractivity contribution in [2.45, 2.75) is 33.1 Å². The number of aromatic amines is 1. The average Bonchev–Trinajstić information content (AvgIpc) is 2.38. The van der Waals surface area contributed by atoms with Crippen LogP contribution in [0.1, 0.15) is 31.3 Å². The van der Waals surface area contributed by atoms with Gasteiger partial charge in [-0.1, -0.05) is 43.1 Å². The number of H-pyrrole nitrogens is 1. The van der Waals surface area contributed by atoms with Crippen molar-refractivity contribution in [3.63, 3.8) is 0 Å². The molecular formula is C15H17ClN2O. The summed E-state index contributed by atoms with van der Waals surface area (Å²) in [5.41, 5.74) is 1.90. The second kappa shape index (κ2) is 6.02. The molecule has 1 aromatic carbocycles. The first-order chi connectivity index (χ1) is 9.13. The summed E-state index contributed by atoms with van der Waals surface area (Å²) in [6, 6.07) is 7.33. The lowest BCUT2D eigenvalue weighted by Crippen LogP contribution is -2.16. The SMILES string of the molecule is CCCCc1nc(C)c(-c2ccccc2Cl)c(=O)[nH]1. The van der Waals surface area contributed by atoms with Crippen molar-refractivity contribution in [3.8, 4) is 11.1 Å². The third-order valence-electron chi connectivity index (χ3n) is 3.06. The fraction of sp³-hybridized carbons (Fsp3) is 0.333. The molecule has 0 amide bonds. The van der Waals surface area contributed by atoms with E-state index < -0.39 is 0 Å². The van der Waals surface area contributed by atoms with Gasteiger partial charge in [0.1, 0.15) is 5.82 Å². The van der Waals surface area contributed by atoms with Crippen LogP contribution in [0.5, 0.6) is 0 Å². The highest BCUT2D eigenvalue weighted by atomic mass is 35.5. The predicted octanol–water partition coefficient (Wildman–Crippen LogP) is 3.74. The molecule has 0 saturated heterocycles. The summed E-state index contributed by atoms with van der Waals surface area (Å²) < 4.78 is 0. The maximum absolute atomic E-state index is 12.2. The summed E-state index contributed by atoms with van der Waals surface area (Å²) >= 11 is 6.15. The number of benzene rings is 1. The average molecular weight is 277 g/mol. The summed E-state index contributed by atoms with van der Waals surface area (Å²) in [4.78, 5) is 19.5. The predicted molar refractivity (Wildman–Crippen MR) is 78.7 cm³/mol. The molecule has 100 valence electrons. The molecule has 1 aromatic heterocycles. The number of hydrogen-bond donors (Lipinski definition) is 1. The standard InChI is InChI=1S/C15H17ClN2O/c1-3-4-9-13-17-10(2)14(15(19)18-13)11-7-5-6-8-12(11)16/h5-8H,3-4,9H2,1-2H3,(H,17,18,19). The zero-order valence-corrected chi connectivity index (χ0v) is 11.9. The van der Waals surface area contributed by atoms with Crippen LogP contribution in [0, 0.1) is 6.92 Å². The van der Waals surface area contributed by atoms with E-state index in [9.17, 15) is 4.79 Å². The van der Waals surface area contributed by atoms with E-state index in [4.69, 9.17) is 11.6 Å². The van der Waals surface area contributed by atoms with Gasteiger partial charge in [0.2, 0.25) is 0 Å². The van der Waals surface area contributed by atoms with Crippen molar-refractivity contribution in [1.82, 2.24) is 9.97 Å². The number of rotatable bonds is 4. The molecule has 0 unspecified atom stereocenters. The number of halogens is 1. The van der Waals surface area contributed by atoms with Gasteiger partial charge in [-0.05, 0) is 19.4 Å². The summed E-state index contributed by atoms with van der Waals surface area (Å²) in [6.07, 6.45) is 2.90. The molecule has 1 heterocycles. The number of nitrogens with one attached hydrogen (secondary N) is 1. The third kappa shape index (κ3) is 3.04. The Kier molecular flexibility index (Phi) is 4.38. The molecule has 3 nitrogen and oxygen atoms in total. The zero-order valence-electron chi connectivity index (χ0n) is 11.2.